The average Bonchev–Trinajstić information content (AvgIpc) is 3.25. The van der Waals surface area contributed by atoms with Gasteiger partial charge in [-0.25, -0.2) is 9.48 Å². The van der Waals surface area contributed by atoms with Gasteiger partial charge in [-0.15, -0.1) is 16.9 Å². The Kier molecular flexibility index (Phi) is 7.95. The van der Waals surface area contributed by atoms with E-state index in [2.05, 4.69) is 35.4 Å². The largest absolute Gasteiger partial charge is 0.477 e. The van der Waals surface area contributed by atoms with E-state index < -0.39 is 12.0 Å². The normalized spacial score (nSPS) is 23.1. The SMILES string of the molecule is Cn1nnnc1SCC1=C(C(=O)O)N2C(=O)C(N=CN3CCC(CCCN=[N+]=[N-])CC3)C2SC1. The number of carboxylic acid groups (broad SMARTS) is 1. The summed E-state index contributed by atoms with van der Waals surface area (Å²) in [6.07, 6.45) is 5.80. The van der Waals surface area contributed by atoms with Crippen molar-refractivity contribution in [2.75, 3.05) is 31.1 Å². The molecule has 3 aliphatic rings. The van der Waals surface area contributed by atoms with Gasteiger partial charge in [0.15, 0.2) is 6.04 Å². The first-order valence-electron chi connectivity index (χ1n) is 11.0. The van der Waals surface area contributed by atoms with Gasteiger partial charge in [0.25, 0.3) is 5.91 Å². The molecule has 3 aliphatic heterocycles. The van der Waals surface area contributed by atoms with Crippen LogP contribution in [0.5, 0.6) is 0 Å². The summed E-state index contributed by atoms with van der Waals surface area (Å²) in [6, 6.07) is -0.557. The van der Waals surface area contributed by atoms with Crippen molar-refractivity contribution in [2.45, 2.75) is 42.3 Å². The zero-order chi connectivity index (χ0) is 24.1. The third-order valence-electron chi connectivity index (χ3n) is 6.15. The Balaban J connectivity index is 1.32. The monoisotopic (exact) mass is 506 g/mol. The van der Waals surface area contributed by atoms with Crippen molar-refractivity contribution in [3.05, 3.63) is 21.7 Å². The Labute approximate surface area is 204 Å². The minimum absolute atomic E-state index is 0.0596. The van der Waals surface area contributed by atoms with Gasteiger partial charge in [-0.1, -0.05) is 23.3 Å². The van der Waals surface area contributed by atoms with Gasteiger partial charge in [0.1, 0.15) is 11.1 Å². The van der Waals surface area contributed by atoms with Crippen molar-refractivity contribution in [1.29, 1.82) is 0 Å². The van der Waals surface area contributed by atoms with Crippen LogP contribution in [0.15, 0.2) is 26.5 Å². The number of aliphatic imine (C=N–C) groups is 1. The third-order valence-corrected chi connectivity index (χ3v) is 8.57. The second-order valence-electron chi connectivity index (χ2n) is 8.33. The number of carboxylic acids is 1. The number of likely N-dealkylation sites (tertiary alicyclic amines) is 1. The average molecular weight is 507 g/mol. The van der Waals surface area contributed by atoms with Gasteiger partial charge in [-0.2, -0.15) is 0 Å². The minimum Gasteiger partial charge on any atom is -0.477 e. The lowest BCUT2D eigenvalue weighted by Crippen LogP contribution is -2.64. The van der Waals surface area contributed by atoms with Crippen LogP contribution in [0.2, 0.25) is 0 Å². The summed E-state index contributed by atoms with van der Waals surface area (Å²) in [5.41, 5.74) is 9.09. The number of aliphatic carboxylic acids is 1. The van der Waals surface area contributed by atoms with E-state index >= 15 is 0 Å². The highest BCUT2D eigenvalue weighted by Crippen LogP contribution is 2.42. The number of rotatable bonds is 10. The highest BCUT2D eigenvalue weighted by Gasteiger charge is 2.53. The van der Waals surface area contributed by atoms with Gasteiger partial charge >= 0.3 is 5.97 Å². The van der Waals surface area contributed by atoms with Gasteiger partial charge in [0.05, 0.1) is 6.34 Å². The van der Waals surface area contributed by atoms with E-state index in [0.29, 0.717) is 34.7 Å². The number of hydrogen-bond acceptors (Lipinski definition) is 9. The number of aryl methyl sites for hydroxylation is 1. The van der Waals surface area contributed by atoms with Crippen LogP contribution in [0.25, 0.3) is 10.4 Å². The van der Waals surface area contributed by atoms with Crippen molar-refractivity contribution in [3.8, 4) is 0 Å². The summed E-state index contributed by atoms with van der Waals surface area (Å²) in [5, 5.41) is 25.0. The number of carbonyl (C=O) groups excluding carboxylic acids is 1. The quantitative estimate of drug-likeness (QED) is 0.0727. The van der Waals surface area contributed by atoms with E-state index in [1.807, 2.05) is 0 Å². The molecular formula is C19H26N10O3S2. The standard InChI is InChI=1S/C19H26N10O3S2/c1-27-19(23-25-26-27)34-10-13-9-33-17-14(16(30)29(17)15(13)18(31)32)21-11-28-7-4-12(5-8-28)3-2-6-22-24-20/h11-12,14,17H,2-10H2,1H3,(H,31,32). The molecule has 1 aromatic rings. The second kappa shape index (κ2) is 11.1. The number of β-lactam (4-membered cyclic amide) rings is 1. The van der Waals surface area contributed by atoms with Crippen LogP contribution in [-0.2, 0) is 16.6 Å². The summed E-state index contributed by atoms with van der Waals surface area (Å²) in [6.45, 7) is 2.29. The molecule has 0 radical (unpaired) electrons. The summed E-state index contributed by atoms with van der Waals surface area (Å²) in [4.78, 5) is 35.7. The van der Waals surface area contributed by atoms with Gasteiger partial charge in [-0.05, 0) is 46.7 Å². The van der Waals surface area contributed by atoms with Gasteiger partial charge < -0.3 is 10.0 Å². The van der Waals surface area contributed by atoms with Gasteiger partial charge in [0, 0.05) is 43.1 Å². The van der Waals surface area contributed by atoms with Crippen LogP contribution in [0.4, 0.5) is 0 Å². The van der Waals surface area contributed by atoms with Crippen molar-refractivity contribution in [3.63, 3.8) is 0 Å². The number of nitrogens with zero attached hydrogens (tertiary/aromatic N) is 10. The summed E-state index contributed by atoms with van der Waals surface area (Å²) in [7, 11) is 1.72. The number of hydrogen-bond donors (Lipinski definition) is 1. The van der Waals surface area contributed by atoms with Gasteiger partial charge in [0.2, 0.25) is 5.16 Å². The first-order valence-corrected chi connectivity index (χ1v) is 13.1. The van der Waals surface area contributed by atoms with Crippen molar-refractivity contribution in [2.24, 2.45) is 23.1 Å². The van der Waals surface area contributed by atoms with Gasteiger partial charge in [-0.3, -0.25) is 14.7 Å². The molecule has 0 saturated carbocycles. The fraction of sp³-hybridized carbons (Fsp3) is 0.684. The highest BCUT2D eigenvalue weighted by atomic mass is 32.2. The third kappa shape index (κ3) is 5.31. The van der Waals surface area contributed by atoms with E-state index in [0.717, 1.165) is 38.8 Å². The Hall–Kier alpha value is -2.77. The van der Waals surface area contributed by atoms with E-state index in [1.165, 1.54) is 21.3 Å². The lowest BCUT2D eigenvalue weighted by Gasteiger charge is -2.48. The Morgan fingerprint density at radius 2 is 2.21 bits per heavy atom. The summed E-state index contributed by atoms with van der Waals surface area (Å²) < 4.78 is 1.52. The van der Waals surface area contributed by atoms with E-state index in [4.69, 9.17) is 5.53 Å². The first kappa shape index (κ1) is 24.4. The molecule has 34 heavy (non-hydrogen) atoms. The maximum absolute atomic E-state index is 12.8. The topological polar surface area (TPSA) is 166 Å². The Morgan fingerprint density at radius 3 is 2.88 bits per heavy atom. The lowest BCUT2D eigenvalue weighted by molar-refractivity contribution is -0.147. The predicted octanol–water partition coefficient (Wildman–Crippen LogP) is 1.76. The molecule has 0 bridgehead atoms. The molecule has 2 fully saturated rings. The van der Waals surface area contributed by atoms with Crippen molar-refractivity contribution >= 4 is 41.7 Å². The molecule has 4 heterocycles. The molecule has 0 aromatic carbocycles. The zero-order valence-corrected chi connectivity index (χ0v) is 20.4. The maximum Gasteiger partial charge on any atom is 0.352 e. The van der Waals surface area contributed by atoms with Crippen molar-refractivity contribution in [1.82, 2.24) is 30.0 Å². The molecule has 2 atom stereocenters. The predicted molar refractivity (Wildman–Crippen MR) is 127 cm³/mol. The molecule has 0 aliphatic carbocycles. The zero-order valence-electron chi connectivity index (χ0n) is 18.7. The molecule has 1 amide bonds. The number of azide groups is 1. The fourth-order valence-electron chi connectivity index (χ4n) is 4.29. The molecule has 15 heteroatoms. The Bertz CT molecular complexity index is 1030. The molecular weight excluding hydrogens is 480 g/mol. The second-order valence-corrected chi connectivity index (χ2v) is 10.4. The van der Waals surface area contributed by atoms with E-state index in [1.54, 1.807) is 25.1 Å². The number of fused-ring (bicyclic) bond motifs is 1. The fourth-order valence-corrected chi connectivity index (χ4v) is 6.62. The molecule has 1 N–H and O–H groups in total. The smallest absolute Gasteiger partial charge is 0.352 e. The van der Waals surface area contributed by atoms with Crippen LogP contribution < -0.4 is 0 Å². The number of thioether (sulfide) groups is 2. The van der Waals surface area contributed by atoms with Crippen LogP contribution in [0.3, 0.4) is 0 Å². The highest BCUT2D eigenvalue weighted by molar-refractivity contribution is 8.01. The number of aromatic nitrogens is 4. The van der Waals surface area contributed by atoms with Crippen LogP contribution in [0.1, 0.15) is 25.7 Å². The molecule has 1 aromatic heterocycles. The van der Waals surface area contributed by atoms with Crippen LogP contribution in [0, 0.1) is 5.92 Å². The number of carbonyl (C=O) groups is 2. The van der Waals surface area contributed by atoms with Crippen molar-refractivity contribution < 1.29 is 14.7 Å². The first-order chi connectivity index (χ1) is 16.5. The number of piperidine rings is 1. The molecule has 0 spiro atoms. The molecule has 2 saturated heterocycles. The van der Waals surface area contributed by atoms with Crippen LogP contribution in [-0.4, -0.2) is 95.9 Å². The molecule has 4 rings (SSSR count). The van der Waals surface area contributed by atoms with E-state index in [-0.39, 0.29) is 17.0 Å². The number of amides is 1. The Morgan fingerprint density at radius 1 is 1.41 bits per heavy atom. The van der Waals surface area contributed by atoms with E-state index in [9.17, 15) is 14.7 Å². The minimum atomic E-state index is -1.10. The summed E-state index contributed by atoms with van der Waals surface area (Å²) in [5.74, 6) is 0.147. The summed E-state index contributed by atoms with van der Waals surface area (Å²) >= 11 is 2.89. The molecule has 2 unspecified atom stereocenters. The molecule has 13 nitrogen and oxygen atoms in total. The van der Waals surface area contributed by atoms with Crippen LogP contribution >= 0.6 is 23.5 Å². The molecule has 182 valence electrons. The lowest BCUT2D eigenvalue weighted by atomic mass is 9.92. The maximum atomic E-state index is 12.8. The number of tetrazole rings is 1.